The second-order valence-corrected chi connectivity index (χ2v) is 6.58. The van der Waals surface area contributed by atoms with Gasteiger partial charge in [-0.2, -0.15) is 4.31 Å². The molecule has 1 atom stereocenters. The van der Waals surface area contributed by atoms with Crippen LogP contribution in [0.1, 0.15) is 5.56 Å². The number of aliphatic hydroxyl groups is 1. The molecular weight excluding hydrogens is 287 g/mol. The number of aryl methyl sites for hydroxylation is 1. The molecule has 1 rings (SSSR count). The third kappa shape index (κ3) is 3.66. The lowest BCUT2D eigenvalue weighted by atomic mass is 10.2. The van der Waals surface area contributed by atoms with Crippen LogP contribution in [0, 0.1) is 12.7 Å². The van der Waals surface area contributed by atoms with Gasteiger partial charge in [-0.1, -0.05) is 0 Å². The first kappa shape index (κ1) is 16.8. The number of rotatable bonds is 6. The van der Waals surface area contributed by atoms with Gasteiger partial charge in [-0.05, 0) is 24.6 Å². The Balaban J connectivity index is 3.04. The number of halogens is 1. The van der Waals surface area contributed by atoms with E-state index in [2.05, 4.69) is 0 Å². The summed E-state index contributed by atoms with van der Waals surface area (Å²) in [6, 6.07) is 2.27. The molecule has 1 aromatic rings. The quantitative estimate of drug-likeness (QED) is 0.740. The van der Waals surface area contributed by atoms with E-state index in [0.29, 0.717) is 0 Å². The van der Waals surface area contributed by atoms with Gasteiger partial charge in [-0.25, -0.2) is 12.8 Å². The van der Waals surface area contributed by atoms with Crippen LogP contribution in [0.5, 0.6) is 0 Å². The van der Waals surface area contributed by atoms with E-state index in [1.54, 1.807) is 0 Å². The van der Waals surface area contributed by atoms with Crippen molar-refractivity contribution in [1.29, 1.82) is 0 Å². The maximum absolute atomic E-state index is 13.4. The Morgan fingerprint density at radius 3 is 2.60 bits per heavy atom. The van der Waals surface area contributed by atoms with Crippen molar-refractivity contribution in [3.05, 3.63) is 23.5 Å². The van der Waals surface area contributed by atoms with E-state index in [9.17, 15) is 17.9 Å². The summed E-state index contributed by atoms with van der Waals surface area (Å²) in [4.78, 5) is -0.110. The number of nitrogens with zero attached hydrogens (tertiary/aromatic N) is 1. The molecule has 0 saturated carbocycles. The highest BCUT2D eigenvalue weighted by Gasteiger charge is 2.24. The summed E-state index contributed by atoms with van der Waals surface area (Å²) in [5, 5.41) is 9.57. The van der Waals surface area contributed by atoms with Crippen molar-refractivity contribution >= 4 is 15.7 Å². The van der Waals surface area contributed by atoms with Crippen molar-refractivity contribution in [2.45, 2.75) is 17.9 Å². The van der Waals surface area contributed by atoms with E-state index in [1.807, 2.05) is 0 Å². The van der Waals surface area contributed by atoms with Crippen molar-refractivity contribution in [2.24, 2.45) is 0 Å². The van der Waals surface area contributed by atoms with Gasteiger partial charge >= 0.3 is 0 Å². The van der Waals surface area contributed by atoms with Crippen LogP contribution < -0.4 is 5.73 Å². The average Bonchev–Trinajstić information content (AvgIpc) is 2.35. The molecule has 0 heterocycles. The molecule has 1 aromatic carbocycles. The molecule has 6 nitrogen and oxygen atoms in total. The normalized spacial score (nSPS) is 13.7. The number of hydrogen-bond donors (Lipinski definition) is 2. The Hall–Kier alpha value is -1.22. The van der Waals surface area contributed by atoms with Crippen molar-refractivity contribution in [2.75, 3.05) is 33.0 Å². The van der Waals surface area contributed by atoms with Gasteiger partial charge in [0.25, 0.3) is 0 Å². The number of nitrogen functional groups attached to an aromatic ring is 1. The Morgan fingerprint density at radius 2 is 2.10 bits per heavy atom. The van der Waals surface area contributed by atoms with Crippen LogP contribution in [0.3, 0.4) is 0 Å². The SMILES string of the molecule is COCC(O)CN(C)S(=O)(=O)c1cc(C)c(F)c(N)c1. The van der Waals surface area contributed by atoms with E-state index in [1.165, 1.54) is 27.1 Å². The Labute approximate surface area is 118 Å². The highest BCUT2D eigenvalue weighted by molar-refractivity contribution is 7.89. The molecule has 0 aliphatic carbocycles. The van der Waals surface area contributed by atoms with Crippen LogP contribution in [-0.2, 0) is 14.8 Å². The topological polar surface area (TPSA) is 92.9 Å². The van der Waals surface area contributed by atoms with Crippen LogP contribution in [0.25, 0.3) is 0 Å². The Morgan fingerprint density at radius 1 is 1.50 bits per heavy atom. The number of anilines is 1. The van der Waals surface area contributed by atoms with Gasteiger partial charge in [0.05, 0.1) is 23.3 Å². The van der Waals surface area contributed by atoms with Crippen LogP contribution in [0.4, 0.5) is 10.1 Å². The first-order valence-corrected chi connectivity index (χ1v) is 7.33. The number of methoxy groups -OCH3 is 1. The summed E-state index contributed by atoms with van der Waals surface area (Å²) in [6.07, 6.45) is -0.946. The predicted octanol–water partition coefficient (Wildman–Crippen LogP) is 0.344. The zero-order chi connectivity index (χ0) is 15.5. The van der Waals surface area contributed by atoms with Crippen LogP contribution in [-0.4, -0.2) is 51.2 Å². The number of hydrogen-bond acceptors (Lipinski definition) is 5. The van der Waals surface area contributed by atoms with Gasteiger partial charge in [-0.3, -0.25) is 0 Å². The number of nitrogens with two attached hydrogens (primary N) is 1. The summed E-state index contributed by atoms with van der Waals surface area (Å²) in [5.74, 6) is -0.633. The molecule has 20 heavy (non-hydrogen) atoms. The lowest BCUT2D eigenvalue weighted by molar-refractivity contribution is 0.0554. The fourth-order valence-corrected chi connectivity index (χ4v) is 3.06. The van der Waals surface area contributed by atoms with Crippen molar-refractivity contribution in [3.8, 4) is 0 Å². The second kappa shape index (κ2) is 6.49. The molecule has 0 aliphatic rings. The summed E-state index contributed by atoms with van der Waals surface area (Å²) >= 11 is 0. The van der Waals surface area contributed by atoms with Crippen molar-refractivity contribution in [3.63, 3.8) is 0 Å². The summed E-state index contributed by atoms with van der Waals surface area (Å²) in [7, 11) is -1.12. The molecular formula is C12H19FN2O4S. The fraction of sp³-hybridized carbons (Fsp3) is 0.500. The standard InChI is InChI=1S/C12H19FN2O4S/c1-8-4-10(5-11(14)12(8)13)20(17,18)15(2)6-9(16)7-19-3/h4-5,9,16H,6-7,14H2,1-3H3. The molecule has 0 saturated heterocycles. The summed E-state index contributed by atoms with van der Waals surface area (Å²) < 4.78 is 43.7. The Bertz CT molecular complexity index is 554. The van der Waals surface area contributed by atoms with E-state index in [4.69, 9.17) is 10.5 Å². The van der Waals surface area contributed by atoms with Gasteiger partial charge in [0.1, 0.15) is 5.82 Å². The third-order valence-corrected chi connectivity index (χ3v) is 4.59. The molecule has 0 aromatic heterocycles. The van der Waals surface area contributed by atoms with Gasteiger partial charge in [0.2, 0.25) is 10.0 Å². The molecule has 0 amide bonds. The maximum Gasteiger partial charge on any atom is 0.242 e. The third-order valence-electron chi connectivity index (χ3n) is 2.79. The zero-order valence-corrected chi connectivity index (χ0v) is 12.4. The lowest BCUT2D eigenvalue weighted by Crippen LogP contribution is -2.36. The van der Waals surface area contributed by atoms with Crippen molar-refractivity contribution < 1.29 is 22.7 Å². The number of benzene rings is 1. The van der Waals surface area contributed by atoms with Gasteiger partial charge in [0, 0.05) is 20.7 Å². The first-order valence-electron chi connectivity index (χ1n) is 5.89. The largest absolute Gasteiger partial charge is 0.396 e. The Kier molecular flexibility index (Phi) is 5.46. The van der Waals surface area contributed by atoms with Gasteiger partial charge in [-0.15, -0.1) is 0 Å². The molecule has 8 heteroatoms. The molecule has 114 valence electrons. The van der Waals surface area contributed by atoms with E-state index < -0.39 is 21.9 Å². The minimum Gasteiger partial charge on any atom is -0.396 e. The number of aliphatic hydroxyl groups excluding tert-OH is 1. The number of likely N-dealkylation sites (N-methyl/N-ethyl adjacent to an activating group) is 1. The molecule has 0 bridgehead atoms. The minimum atomic E-state index is -3.84. The lowest BCUT2D eigenvalue weighted by Gasteiger charge is -2.20. The van der Waals surface area contributed by atoms with Gasteiger partial charge in [0.15, 0.2) is 0 Å². The molecule has 0 aliphatic heterocycles. The van der Waals surface area contributed by atoms with Crippen LogP contribution in [0.15, 0.2) is 17.0 Å². The molecule has 0 spiro atoms. The number of ether oxygens (including phenoxy) is 1. The molecule has 3 N–H and O–H groups in total. The van der Waals surface area contributed by atoms with E-state index >= 15 is 0 Å². The highest BCUT2D eigenvalue weighted by atomic mass is 32.2. The van der Waals surface area contributed by atoms with E-state index in [0.717, 1.165) is 10.4 Å². The molecule has 0 fully saturated rings. The second-order valence-electron chi connectivity index (χ2n) is 4.54. The number of sulfonamides is 1. The van der Waals surface area contributed by atoms with E-state index in [-0.39, 0.29) is 29.3 Å². The van der Waals surface area contributed by atoms with Crippen LogP contribution >= 0.6 is 0 Å². The highest BCUT2D eigenvalue weighted by Crippen LogP contribution is 2.23. The first-order chi connectivity index (χ1) is 9.20. The monoisotopic (exact) mass is 306 g/mol. The predicted molar refractivity (Wildman–Crippen MR) is 73.2 cm³/mol. The smallest absolute Gasteiger partial charge is 0.242 e. The van der Waals surface area contributed by atoms with Crippen LogP contribution in [0.2, 0.25) is 0 Å². The summed E-state index contributed by atoms with van der Waals surface area (Å²) in [5.41, 5.74) is 5.36. The zero-order valence-electron chi connectivity index (χ0n) is 11.6. The minimum absolute atomic E-state index is 0.0183. The average molecular weight is 306 g/mol. The van der Waals surface area contributed by atoms with Gasteiger partial charge < -0.3 is 15.6 Å². The molecule has 1 unspecified atom stereocenters. The van der Waals surface area contributed by atoms with Crippen molar-refractivity contribution in [1.82, 2.24) is 4.31 Å². The molecule has 0 radical (unpaired) electrons. The summed E-state index contributed by atoms with van der Waals surface area (Å²) in [6.45, 7) is 1.32. The maximum atomic E-state index is 13.4. The fourth-order valence-electron chi connectivity index (χ4n) is 1.73.